The van der Waals surface area contributed by atoms with Crippen molar-refractivity contribution in [2.75, 3.05) is 18.5 Å². The van der Waals surface area contributed by atoms with Crippen LogP contribution in [-0.2, 0) is 0 Å². The lowest BCUT2D eigenvalue weighted by Crippen LogP contribution is -2.28. The molecule has 0 aliphatic heterocycles. The number of aromatic nitrogens is 2. The van der Waals surface area contributed by atoms with E-state index in [-0.39, 0.29) is 0 Å². The number of nitrogens with zero attached hydrogens (tertiary/aromatic N) is 3. The minimum atomic E-state index is -0.420. The highest BCUT2D eigenvalue weighted by atomic mass is 35.5. The second-order valence-corrected chi connectivity index (χ2v) is 4.45. The first-order valence-corrected chi connectivity index (χ1v) is 5.77. The largest absolute Gasteiger partial charge is 0.392 e. The van der Waals surface area contributed by atoms with Crippen LogP contribution in [0.15, 0.2) is 24.3 Å². The van der Waals surface area contributed by atoms with E-state index in [0.717, 1.165) is 16.6 Å². The molecule has 2 aromatic rings. The Labute approximate surface area is 105 Å². The summed E-state index contributed by atoms with van der Waals surface area (Å²) in [5.41, 5.74) is 0. The van der Waals surface area contributed by atoms with E-state index in [2.05, 4.69) is 10.2 Å². The van der Waals surface area contributed by atoms with E-state index in [1.54, 1.807) is 6.92 Å². The molecule has 0 aliphatic rings. The Bertz CT molecular complexity index is 530. The van der Waals surface area contributed by atoms with Crippen molar-refractivity contribution in [1.82, 2.24) is 10.2 Å². The molecule has 1 unspecified atom stereocenters. The molecule has 1 heterocycles. The molecular weight excluding hydrogens is 238 g/mol. The third kappa shape index (κ3) is 2.48. The molecule has 0 saturated heterocycles. The van der Waals surface area contributed by atoms with E-state index in [0.29, 0.717) is 11.7 Å². The predicted molar refractivity (Wildman–Crippen MR) is 69.5 cm³/mol. The summed E-state index contributed by atoms with van der Waals surface area (Å²) in [6.07, 6.45) is -0.420. The third-order valence-corrected chi connectivity index (χ3v) is 2.80. The van der Waals surface area contributed by atoms with Gasteiger partial charge in [0.15, 0.2) is 11.0 Å². The Hall–Kier alpha value is -1.39. The summed E-state index contributed by atoms with van der Waals surface area (Å²) >= 11 is 6.00. The Morgan fingerprint density at radius 1 is 1.29 bits per heavy atom. The van der Waals surface area contributed by atoms with Crippen LogP contribution in [0.4, 0.5) is 5.82 Å². The van der Waals surface area contributed by atoms with Gasteiger partial charge in [0, 0.05) is 24.4 Å². The molecular formula is C12H14ClN3O. The fourth-order valence-corrected chi connectivity index (χ4v) is 2.02. The van der Waals surface area contributed by atoms with Crippen molar-refractivity contribution in [3.8, 4) is 0 Å². The molecule has 5 heteroatoms. The summed E-state index contributed by atoms with van der Waals surface area (Å²) in [5, 5.41) is 19.6. The van der Waals surface area contributed by atoms with Gasteiger partial charge >= 0.3 is 0 Å². The molecule has 2 rings (SSSR count). The lowest BCUT2D eigenvalue weighted by molar-refractivity contribution is 0.201. The van der Waals surface area contributed by atoms with Gasteiger partial charge in [-0.1, -0.05) is 35.9 Å². The molecule has 0 amide bonds. The van der Waals surface area contributed by atoms with Crippen LogP contribution in [0.5, 0.6) is 0 Å². The van der Waals surface area contributed by atoms with Crippen molar-refractivity contribution in [3.63, 3.8) is 0 Å². The van der Waals surface area contributed by atoms with E-state index in [1.807, 2.05) is 36.2 Å². The molecule has 1 aromatic heterocycles. The number of hydrogen-bond donors (Lipinski definition) is 1. The fraction of sp³-hybridized carbons (Fsp3) is 0.333. The van der Waals surface area contributed by atoms with Crippen molar-refractivity contribution in [2.24, 2.45) is 0 Å². The van der Waals surface area contributed by atoms with Crippen molar-refractivity contribution in [1.29, 1.82) is 0 Å². The molecule has 1 aromatic carbocycles. The highest BCUT2D eigenvalue weighted by molar-refractivity contribution is 6.34. The van der Waals surface area contributed by atoms with E-state index in [1.165, 1.54) is 0 Å². The first-order chi connectivity index (χ1) is 8.09. The fourth-order valence-electron chi connectivity index (χ4n) is 1.82. The standard InChI is InChI=1S/C12H14ClN3O/c1-8(17)7-16(2)12-10-6-4-3-5-9(10)11(13)14-15-12/h3-6,8,17H,7H2,1-2H3. The summed E-state index contributed by atoms with van der Waals surface area (Å²) in [6.45, 7) is 2.24. The molecule has 4 nitrogen and oxygen atoms in total. The number of likely N-dealkylation sites (N-methyl/N-ethyl adjacent to an activating group) is 1. The lowest BCUT2D eigenvalue weighted by Gasteiger charge is -2.20. The van der Waals surface area contributed by atoms with E-state index in [9.17, 15) is 5.11 Å². The monoisotopic (exact) mass is 251 g/mol. The average Bonchev–Trinajstić information content (AvgIpc) is 2.29. The van der Waals surface area contributed by atoms with Gasteiger partial charge in [-0.05, 0) is 6.92 Å². The lowest BCUT2D eigenvalue weighted by atomic mass is 10.2. The SMILES string of the molecule is CC(O)CN(C)c1nnc(Cl)c2ccccc12. The van der Waals surface area contributed by atoms with Gasteiger partial charge in [0.1, 0.15) is 0 Å². The van der Waals surface area contributed by atoms with Gasteiger partial charge in [0.05, 0.1) is 6.10 Å². The minimum absolute atomic E-state index is 0.398. The number of anilines is 1. The Balaban J connectivity index is 2.51. The van der Waals surface area contributed by atoms with Crippen LogP contribution in [0.2, 0.25) is 5.15 Å². The molecule has 1 N–H and O–H groups in total. The molecule has 90 valence electrons. The summed E-state index contributed by atoms with van der Waals surface area (Å²) < 4.78 is 0. The molecule has 0 saturated carbocycles. The van der Waals surface area contributed by atoms with Gasteiger partial charge in [-0.2, -0.15) is 0 Å². The van der Waals surface area contributed by atoms with Crippen LogP contribution in [0.25, 0.3) is 10.8 Å². The summed E-state index contributed by atoms with van der Waals surface area (Å²) in [4.78, 5) is 1.87. The molecule has 1 atom stereocenters. The van der Waals surface area contributed by atoms with E-state index < -0.39 is 6.10 Å². The smallest absolute Gasteiger partial charge is 0.159 e. The number of benzene rings is 1. The zero-order chi connectivity index (χ0) is 12.4. The molecule has 0 fully saturated rings. The first-order valence-electron chi connectivity index (χ1n) is 5.39. The quantitative estimate of drug-likeness (QED) is 0.908. The summed E-state index contributed by atoms with van der Waals surface area (Å²) in [6, 6.07) is 7.70. The maximum atomic E-state index is 9.39. The zero-order valence-corrected chi connectivity index (χ0v) is 10.5. The van der Waals surface area contributed by atoms with Gasteiger partial charge in [0.25, 0.3) is 0 Å². The Morgan fingerprint density at radius 3 is 2.59 bits per heavy atom. The molecule has 0 radical (unpaired) electrons. The van der Waals surface area contributed by atoms with Crippen LogP contribution in [0, 0.1) is 0 Å². The van der Waals surface area contributed by atoms with Crippen LogP contribution in [0.1, 0.15) is 6.92 Å². The number of fused-ring (bicyclic) bond motifs is 1. The topological polar surface area (TPSA) is 49.2 Å². The molecule has 17 heavy (non-hydrogen) atoms. The second kappa shape index (κ2) is 4.85. The molecule has 0 bridgehead atoms. The van der Waals surface area contributed by atoms with Crippen LogP contribution >= 0.6 is 11.6 Å². The summed E-state index contributed by atoms with van der Waals surface area (Å²) in [7, 11) is 1.87. The minimum Gasteiger partial charge on any atom is -0.392 e. The highest BCUT2D eigenvalue weighted by Crippen LogP contribution is 2.27. The number of aliphatic hydroxyl groups is 1. The third-order valence-electron chi connectivity index (χ3n) is 2.52. The second-order valence-electron chi connectivity index (χ2n) is 4.09. The maximum absolute atomic E-state index is 9.39. The van der Waals surface area contributed by atoms with Crippen molar-refractivity contribution < 1.29 is 5.11 Å². The number of hydrogen-bond acceptors (Lipinski definition) is 4. The first kappa shape index (κ1) is 12.1. The van der Waals surface area contributed by atoms with Gasteiger partial charge in [-0.25, -0.2) is 0 Å². The van der Waals surface area contributed by atoms with Crippen molar-refractivity contribution in [2.45, 2.75) is 13.0 Å². The van der Waals surface area contributed by atoms with Gasteiger partial charge in [-0.3, -0.25) is 0 Å². The predicted octanol–water partition coefficient (Wildman–Crippen LogP) is 2.10. The van der Waals surface area contributed by atoms with Crippen LogP contribution < -0.4 is 4.90 Å². The number of rotatable bonds is 3. The van der Waals surface area contributed by atoms with E-state index in [4.69, 9.17) is 11.6 Å². The maximum Gasteiger partial charge on any atom is 0.159 e. The average molecular weight is 252 g/mol. The zero-order valence-electron chi connectivity index (χ0n) is 9.76. The van der Waals surface area contributed by atoms with Gasteiger partial charge in [0.2, 0.25) is 0 Å². The Morgan fingerprint density at radius 2 is 1.94 bits per heavy atom. The van der Waals surface area contributed by atoms with Crippen LogP contribution in [0.3, 0.4) is 0 Å². The molecule has 0 aliphatic carbocycles. The summed E-state index contributed by atoms with van der Waals surface area (Å²) in [5.74, 6) is 0.728. The van der Waals surface area contributed by atoms with Crippen molar-refractivity contribution >= 4 is 28.2 Å². The Kier molecular flexibility index (Phi) is 3.45. The highest BCUT2D eigenvalue weighted by Gasteiger charge is 2.12. The van der Waals surface area contributed by atoms with Crippen LogP contribution in [-0.4, -0.2) is 35.0 Å². The normalized spacial score (nSPS) is 12.7. The van der Waals surface area contributed by atoms with E-state index >= 15 is 0 Å². The van der Waals surface area contributed by atoms with Crippen molar-refractivity contribution in [3.05, 3.63) is 29.4 Å². The number of aliphatic hydroxyl groups excluding tert-OH is 1. The number of halogens is 1. The van der Waals surface area contributed by atoms with Gasteiger partial charge < -0.3 is 10.0 Å². The molecule has 0 spiro atoms. The van der Waals surface area contributed by atoms with Gasteiger partial charge in [-0.15, -0.1) is 10.2 Å².